The van der Waals surface area contributed by atoms with Crippen molar-refractivity contribution in [1.82, 2.24) is 10.2 Å². The highest BCUT2D eigenvalue weighted by molar-refractivity contribution is 6.42. The van der Waals surface area contributed by atoms with E-state index in [0.717, 1.165) is 17.5 Å². The van der Waals surface area contributed by atoms with Crippen LogP contribution in [0.4, 0.5) is 0 Å². The van der Waals surface area contributed by atoms with Crippen molar-refractivity contribution in [2.24, 2.45) is 0 Å². The molecule has 0 saturated carbocycles. The van der Waals surface area contributed by atoms with E-state index in [1.165, 1.54) is 5.56 Å². The molecule has 0 aliphatic carbocycles. The second-order valence-corrected chi connectivity index (χ2v) is 8.29. The SMILES string of the molecule is CCCNC(=O)C(CC)N(Cc1ccc(Cl)c(Cl)c1)C(=O)CCc1ccc(C)cc1. The Balaban J connectivity index is 2.21. The molecule has 0 aliphatic heterocycles. The van der Waals surface area contributed by atoms with Crippen LogP contribution in [0, 0.1) is 6.92 Å². The zero-order valence-electron chi connectivity index (χ0n) is 17.9. The number of rotatable bonds is 10. The van der Waals surface area contributed by atoms with E-state index in [0.29, 0.717) is 42.4 Å². The van der Waals surface area contributed by atoms with Crippen molar-refractivity contribution in [2.75, 3.05) is 6.54 Å². The number of nitrogens with one attached hydrogen (secondary N) is 1. The lowest BCUT2D eigenvalue weighted by atomic mass is 10.0. The molecule has 0 radical (unpaired) electrons. The number of hydrogen-bond donors (Lipinski definition) is 1. The lowest BCUT2D eigenvalue weighted by Gasteiger charge is -2.31. The summed E-state index contributed by atoms with van der Waals surface area (Å²) in [5, 5.41) is 3.82. The molecule has 2 rings (SSSR count). The lowest BCUT2D eigenvalue weighted by Crippen LogP contribution is -2.49. The second kappa shape index (κ2) is 12.0. The van der Waals surface area contributed by atoms with Gasteiger partial charge in [0.2, 0.25) is 11.8 Å². The fourth-order valence-electron chi connectivity index (χ4n) is 3.27. The molecule has 1 N–H and O–H groups in total. The van der Waals surface area contributed by atoms with Gasteiger partial charge in [0.05, 0.1) is 10.0 Å². The summed E-state index contributed by atoms with van der Waals surface area (Å²) in [5.74, 6) is -0.178. The van der Waals surface area contributed by atoms with E-state index in [2.05, 4.69) is 5.32 Å². The van der Waals surface area contributed by atoms with E-state index in [1.807, 2.05) is 51.1 Å². The zero-order chi connectivity index (χ0) is 22.1. The molecule has 162 valence electrons. The molecule has 0 saturated heterocycles. The molecular weight excluding hydrogens is 419 g/mol. The van der Waals surface area contributed by atoms with Crippen LogP contribution in [0.2, 0.25) is 10.0 Å². The molecule has 2 aromatic rings. The smallest absolute Gasteiger partial charge is 0.242 e. The van der Waals surface area contributed by atoms with Crippen LogP contribution < -0.4 is 5.32 Å². The molecule has 2 aromatic carbocycles. The van der Waals surface area contributed by atoms with E-state index >= 15 is 0 Å². The molecule has 4 nitrogen and oxygen atoms in total. The Kier molecular flexibility index (Phi) is 9.67. The van der Waals surface area contributed by atoms with Crippen LogP contribution in [0.1, 0.15) is 49.8 Å². The lowest BCUT2D eigenvalue weighted by molar-refractivity contribution is -0.141. The van der Waals surface area contributed by atoms with Gasteiger partial charge < -0.3 is 10.2 Å². The van der Waals surface area contributed by atoms with Crippen molar-refractivity contribution < 1.29 is 9.59 Å². The van der Waals surface area contributed by atoms with Gasteiger partial charge in [-0.15, -0.1) is 0 Å². The third-order valence-electron chi connectivity index (χ3n) is 5.02. The first kappa shape index (κ1) is 24.2. The van der Waals surface area contributed by atoms with Gasteiger partial charge in [0.25, 0.3) is 0 Å². The Labute approximate surface area is 189 Å². The van der Waals surface area contributed by atoms with Gasteiger partial charge in [-0.25, -0.2) is 0 Å². The summed E-state index contributed by atoms with van der Waals surface area (Å²) in [5.41, 5.74) is 3.13. The third kappa shape index (κ3) is 7.03. The number of hydrogen-bond acceptors (Lipinski definition) is 2. The van der Waals surface area contributed by atoms with Gasteiger partial charge in [0.1, 0.15) is 6.04 Å². The molecule has 0 aliphatic rings. The summed E-state index contributed by atoms with van der Waals surface area (Å²) < 4.78 is 0. The predicted molar refractivity (Wildman–Crippen MR) is 124 cm³/mol. The van der Waals surface area contributed by atoms with Gasteiger partial charge in [-0.05, 0) is 49.4 Å². The van der Waals surface area contributed by atoms with Gasteiger partial charge in [-0.1, -0.05) is 72.9 Å². The van der Waals surface area contributed by atoms with E-state index in [9.17, 15) is 9.59 Å². The number of amides is 2. The summed E-state index contributed by atoms with van der Waals surface area (Å²) in [4.78, 5) is 27.6. The molecule has 0 aromatic heterocycles. The minimum Gasteiger partial charge on any atom is -0.354 e. The summed E-state index contributed by atoms with van der Waals surface area (Å²) in [6.45, 7) is 6.86. The normalized spacial score (nSPS) is 11.8. The molecule has 30 heavy (non-hydrogen) atoms. The first-order chi connectivity index (χ1) is 14.3. The molecule has 0 spiro atoms. The van der Waals surface area contributed by atoms with Crippen LogP contribution in [0.15, 0.2) is 42.5 Å². The Bertz CT molecular complexity index is 853. The topological polar surface area (TPSA) is 49.4 Å². The molecule has 0 heterocycles. The highest BCUT2D eigenvalue weighted by atomic mass is 35.5. The molecule has 0 bridgehead atoms. The van der Waals surface area contributed by atoms with Gasteiger partial charge in [0, 0.05) is 19.5 Å². The van der Waals surface area contributed by atoms with Crippen molar-refractivity contribution in [3.05, 3.63) is 69.2 Å². The standard InChI is InChI=1S/C24H30Cl2N2O2/c1-4-14-27-24(30)22(5-2)28(16-19-10-12-20(25)21(26)15-19)23(29)13-11-18-8-6-17(3)7-9-18/h6-10,12,15,22H,4-5,11,13-14,16H2,1-3H3,(H,27,30). The van der Waals surface area contributed by atoms with Gasteiger partial charge >= 0.3 is 0 Å². The molecule has 1 unspecified atom stereocenters. The Morgan fingerprint density at radius 2 is 1.67 bits per heavy atom. The quantitative estimate of drug-likeness (QED) is 0.516. The fraction of sp³-hybridized carbons (Fsp3) is 0.417. The zero-order valence-corrected chi connectivity index (χ0v) is 19.4. The summed E-state index contributed by atoms with van der Waals surface area (Å²) >= 11 is 12.2. The predicted octanol–water partition coefficient (Wildman–Crippen LogP) is 5.57. The van der Waals surface area contributed by atoms with E-state index in [4.69, 9.17) is 23.2 Å². The van der Waals surface area contributed by atoms with Crippen molar-refractivity contribution in [3.63, 3.8) is 0 Å². The Hall–Kier alpha value is -2.04. The van der Waals surface area contributed by atoms with Crippen LogP contribution in [0.3, 0.4) is 0 Å². The van der Waals surface area contributed by atoms with E-state index < -0.39 is 6.04 Å². The van der Waals surface area contributed by atoms with Crippen molar-refractivity contribution in [1.29, 1.82) is 0 Å². The largest absolute Gasteiger partial charge is 0.354 e. The monoisotopic (exact) mass is 448 g/mol. The fourth-order valence-corrected chi connectivity index (χ4v) is 3.59. The van der Waals surface area contributed by atoms with Crippen LogP contribution in [-0.2, 0) is 22.6 Å². The third-order valence-corrected chi connectivity index (χ3v) is 5.76. The van der Waals surface area contributed by atoms with Crippen LogP contribution in [0.5, 0.6) is 0 Å². The van der Waals surface area contributed by atoms with E-state index in [1.54, 1.807) is 17.0 Å². The van der Waals surface area contributed by atoms with Crippen molar-refractivity contribution >= 4 is 35.0 Å². The Morgan fingerprint density at radius 3 is 2.27 bits per heavy atom. The maximum Gasteiger partial charge on any atom is 0.242 e. The summed E-state index contributed by atoms with van der Waals surface area (Å²) in [6.07, 6.45) is 2.34. The number of nitrogens with zero attached hydrogens (tertiary/aromatic N) is 1. The van der Waals surface area contributed by atoms with Crippen LogP contribution in [0.25, 0.3) is 0 Å². The first-order valence-corrected chi connectivity index (χ1v) is 11.2. The number of halogens is 2. The maximum absolute atomic E-state index is 13.2. The number of carbonyl (C=O) groups is 2. The average molecular weight is 449 g/mol. The molecule has 1 atom stereocenters. The molecular formula is C24H30Cl2N2O2. The van der Waals surface area contributed by atoms with Crippen LogP contribution in [-0.4, -0.2) is 29.3 Å². The van der Waals surface area contributed by atoms with Crippen molar-refractivity contribution in [2.45, 2.75) is 59.0 Å². The van der Waals surface area contributed by atoms with Crippen LogP contribution >= 0.6 is 23.2 Å². The Morgan fingerprint density at radius 1 is 1.00 bits per heavy atom. The highest BCUT2D eigenvalue weighted by Crippen LogP contribution is 2.24. The number of aryl methyl sites for hydroxylation is 2. The van der Waals surface area contributed by atoms with Crippen molar-refractivity contribution in [3.8, 4) is 0 Å². The van der Waals surface area contributed by atoms with Gasteiger partial charge in [-0.3, -0.25) is 9.59 Å². The number of benzene rings is 2. The minimum absolute atomic E-state index is 0.0554. The summed E-state index contributed by atoms with van der Waals surface area (Å²) in [6, 6.07) is 12.9. The molecule has 2 amide bonds. The van der Waals surface area contributed by atoms with E-state index in [-0.39, 0.29) is 11.8 Å². The minimum atomic E-state index is -0.531. The van der Waals surface area contributed by atoms with Gasteiger partial charge in [0.15, 0.2) is 0 Å². The second-order valence-electron chi connectivity index (χ2n) is 7.47. The summed E-state index contributed by atoms with van der Waals surface area (Å²) in [7, 11) is 0. The average Bonchev–Trinajstić information content (AvgIpc) is 2.74. The maximum atomic E-state index is 13.2. The number of carbonyl (C=O) groups excluding carboxylic acids is 2. The molecule has 0 fully saturated rings. The first-order valence-electron chi connectivity index (χ1n) is 10.4. The van der Waals surface area contributed by atoms with Gasteiger partial charge in [-0.2, -0.15) is 0 Å². The molecule has 6 heteroatoms. The highest BCUT2D eigenvalue weighted by Gasteiger charge is 2.28.